The fraction of sp³-hybridized carbons (Fsp3) is 0.118. The highest BCUT2D eigenvalue weighted by Crippen LogP contribution is 2.21. The molecule has 0 saturated heterocycles. The molecular weight excluding hydrogens is 298 g/mol. The van der Waals surface area contributed by atoms with Gasteiger partial charge in [-0.3, -0.25) is 10.1 Å². The number of carbonyl (C=O) groups is 1. The van der Waals surface area contributed by atoms with Crippen molar-refractivity contribution in [1.82, 2.24) is 0 Å². The highest BCUT2D eigenvalue weighted by atomic mass is 16.6. The van der Waals surface area contributed by atoms with Gasteiger partial charge < -0.3 is 9.47 Å². The number of rotatable bonds is 6. The van der Waals surface area contributed by atoms with Crippen molar-refractivity contribution in [3.8, 4) is 5.75 Å². The summed E-state index contributed by atoms with van der Waals surface area (Å²) in [5.74, 6) is -0.563. The number of carbonyl (C=O) groups excluding carboxylic acids is 1. The van der Waals surface area contributed by atoms with Gasteiger partial charge in [-0.1, -0.05) is 48.5 Å². The molecule has 0 fully saturated rings. The number of methoxy groups -OCH3 is 1. The molecule has 0 aromatic heterocycles. The minimum Gasteiger partial charge on any atom is -0.496 e. The van der Waals surface area contributed by atoms with E-state index in [4.69, 9.17) is 9.47 Å². The first-order chi connectivity index (χ1) is 11.1. The molecule has 0 unspecified atom stereocenters. The summed E-state index contributed by atoms with van der Waals surface area (Å²) >= 11 is 0. The molecule has 0 radical (unpaired) electrons. The summed E-state index contributed by atoms with van der Waals surface area (Å²) in [6.07, 6.45) is 1.14. The lowest BCUT2D eigenvalue weighted by Gasteiger charge is -2.05. The zero-order chi connectivity index (χ0) is 16.7. The molecule has 6 nitrogen and oxygen atoms in total. The fourth-order valence-electron chi connectivity index (χ4n) is 1.92. The maximum atomic E-state index is 12.0. The molecule has 0 amide bonds. The first-order valence-electron chi connectivity index (χ1n) is 6.82. The summed E-state index contributed by atoms with van der Waals surface area (Å²) in [5.41, 5.74) is 0.532. The number of esters is 1. The number of nitro groups is 1. The van der Waals surface area contributed by atoms with E-state index >= 15 is 0 Å². The number of nitrogens with zero attached hydrogens (tertiary/aromatic N) is 1. The molecule has 2 aromatic rings. The van der Waals surface area contributed by atoms with Crippen LogP contribution in [-0.2, 0) is 16.1 Å². The normalized spacial score (nSPS) is 10.9. The summed E-state index contributed by atoms with van der Waals surface area (Å²) < 4.78 is 10.1. The SMILES string of the molecule is COc1ccccc1/C=C(/C(=O)OCc1ccccc1)[N+](=O)[O-]. The van der Waals surface area contributed by atoms with Crippen molar-refractivity contribution in [3.05, 3.63) is 81.5 Å². The van der Waals surface area contributed by atoms with E-state index in [2.05, 4.69) is 0 Å². The van der Waals surface area contributed by atoms with Crippen LogP contribution in [0.3, 0.4) is 0 Å². The van der Waals surface area contributed by atoms with Crippen LogP contribution in [0, 0.1) is 10.1 Å². The number of hydrogen-bond acceptors (Lipinski definition) is 5. The van der Waals surface area contributed by atoms with Crippen LogP contribution in [0.4, 0.5) is 0 Å². The third kappa shape index (κ3) is 4.41. The van der Waals surface area contributed by atoms with Gasteiger partial charge >= 0.3 is 11.7 Å². The quantitative estimate of drug-likeness (QED) is 0.354. The van der Waals surface area contributed by atoms with Crippen molar-refractivity contribution in [1.29, 1.82) is 0 Å². The van der Waals surface area contributed by atoms with Crippen LogP contribution in [0.15, 0.2) is 60.3 Å². The van der Waals surface area contributed by atoms with Crippen LogP contribution in [0.1, 0.15) is 11.1 Å². The van der Waals surface area contributed by atoms with Crippen molar-refractivity contribution in [3.63, 3.8) is 0 Å². The van der Waals surface area contributed by atoms with E-state index in [1.807, 2.05) is 6.07 Å². The van der Waals surface area contributed by atoms with Gasteiger partial charge in [0.05, 0.1) is 12.0 Å². The Labute approximate surface area is 133 Å². The molecule has 0 atom stereocenters. The average molecular weight is 313 g/mol. The molecule has 23 heavy (non-hydrogen) atoms. The first kappa shape index (κ1) is 16.2. The number of para-hydroxylation sites is 1. The molecule has 0 saturated carbocycles. The Bertz CT molecular complexity index is 725. The molecule has 0 bridgehead atoms. The van der Waals surface area contributed by atoms with E-state index in [1.165, 1.54) is 7.11 Å². The molecule has 0 spiro atoms. The lowest BCUT2D eigenvalue weighted by Crippen LogP contribution is -2.14. The van der Waals surface area contributed by atoms with Crippen LogP contribution < -0.4 is 4.74 Å². The number of hydrogen-bond donors (Lipinski definition) is 0. The van der Waals surface area contributed by atoms with Crippen molar-refractivity contribution >= 4 is 12.0 Å². The van der Waals surface area contributed by atoms with Gasteiger partial charge in [-0.25, -0.2) is 4.79 Å². The Morgan fingerprint density at radius 3 is 2.43 bits per heavy atom. The van der Waals surface area contributed by atoms with Gasteiger partial charge in [0.2, 0.25) is 0 Å². The Morgan fingerprint density at radius 2 is 1.78 bits per heavy atom. The van der Waals surface area contributed by atoms with Crippen LogP contribution in [0.2, 0.25) is 0 Å². The molecule has 6 heteroatoms. The van der Waals surface area contributed by atoms with Crippen molar-refractivity contribution in [2.75, 3.05) is 7.11 Å². The van der Waals surface area contributed by atoms with E-state index in [0.717, 1.165) is 11.6 Å². The number of benzene rings is 2. The topological polar surface area (TPSA) is 78.7 Å². The minimum absolute atomic E-state index is 0.0310. The van der Waals surface area contributed by atoms with Gasteiger partial charge in [0.1, 0.15) is 12.4 Å². The zero-order valence-corrected chi connectivity index (χ0v) is 12.5. The summed E-state index contributed by atoms with van der Waals surface area (Å²) in [5, 5.41) is 11.2. The highest BCUT2D eigenvalue weighted by Gasteiger charge is 2.24. The van der Waals surface area contributed by atoms with Gasteiger partial charge in [-0.05, 0) is 11.6 Å². The second kappa shape index (κ2) is 7.74. The molecule has 2 rings (SSSR count). The third-order valence-corrected chi connectivity index (χ3v) is 3.05. The van der Waals surface area contributed by atoms with Crippen LogP contribution in [-0.4, -0.2) is 18.0 Å². The Hall–Kier alpha value is -3.15. The second-order valence-corrected chi connectivity index (χ2v) is 4.59. The molecule has 0 aliphatic heterocycles. The van der Waals surface area contributed by atoms with Crippen molar-refractivity contribution in [2.24, 2.45) is 0 Å². The summed E-state index contributed by atoms with van der Waals surface area (Å²) in [6, 6.07) is 15.6. The fourth-order valence-corrected chi connectivity index (χ4v) is 1.92. The van der Waals surface area contributed by atoms with E-state index < -0.39 is 16.6 Å². The molecule has 0 N–H and O–H groups in total. The summed E-state index contributed by atoms with van der Waals surface area (Å²) in [4.78, 5) is 22.4. The third-order valence-electron chi connectivity index (χ3n) is 3.05. The number of ether oxygens (including phenoxy) is 2. The minimum atomic E-state index is -0.996. The molecule has 0 aliphatic rings. The largest absolute Gasteiger partial charge is 0.496 e. The van der Waals surface area contributed by atoms with E-state index in [0.29, 0.717) is 11.3 Å². The molecule has 0 heterocycles. The maximum Gasteiger partial charge on any atom is 0.410 e. The van der Waals surface area contributed by atoms with Gasteiger partial charge in [0.25, 0.3) is 0 Å². The summed E-state index contributed by atoms with van der Waals surface area (Å²) in [6.45, 7) is -0.0310. The second-order valence-electron chi connectivity index (χ2n) is 4.59. The molecular formula is C17H15NO5. The van der Waals surface area contributed by atoms with Gasteiger partial charge in [0.15, 0.2) is 0 Å². The van der Waals surface area contributed by atoms with Crippen LogP contribution in [0.5, 0.6) is 5.75 Å². The van der Waals surface area contributed by atoms with Crippen molar-refractivity contribution < 1.29 is 19.2 Å². The Kier molecular flexibility index (Phi) is 5.46. The van der Waals surface area contributed by atoms with E-state index in [9.17, 15) is 14.9 Å². The standard InChI is InChI=1S/C17H15NO5/c1-22-16-10-6-5-9-14(16)11-15(18(20)21)17(19)23-12-13-7-3-2-4-8-13/h2-11H,12H2,1H3/b15-11-. The Morgan fingerprint density at radius 1 is 1.13 bits per heavy atom. The average Bonchev–Trinajstić information content (AvgIpc) is 2.58. The predicted octanol–water partition coefficient (Wildman–Crippen LogP) is 3.06. The first-order valence-corrected chi connectivity index (χ1v) is 6.82. The monoisotopic (exact) mass is 313 g/mol. The lowest BCUT2D eigenvalue weighted by molar-refractivity contribution is -0.419. The zero-order valence-electron chi connectivity index (χ0n) is 12.5. The predicted molar refractivity (Wildman–Crippen MR) is 84.2 cm³/mol. The molecule has 2 aromatic carbocycles. The molecule has 118 valence electrons. The molecule has 0 aliphatic carbocycles. The van der Waals surface area contributed by atoms with Crippen LogP contribution in [0.25, 0.3) is 6.08 Å². The van der Waals surface area contributed by atoms with E-state index in [1.54, 1.807) is 48.5 Å². The van der Waals surface area contributed by atoms with Gasteiger partial charge in [-0.15, -0.1) is 0 Å². The summed E-state index contributed by atoms with van der Waals surface area (Å²) in [7, 11) is 1.45. The van der Waals surface area contributed by atoms with Gasteiger partial charge in [0, 0.05) is 11.6 Å². The van der Waals surface area contributed by atoms with Crippen molar-refractivity contribution in [2.45, 2.75) is 6.61 Å². The van der Waals surface area contributed by atoms with Gasteiger partial charge in [-0.2, -0.15) is 0 Å². The van der Waals surface area contributed by atoms with Crippen LogP contribution >= 0.6 is 0 Å². The lowest BCUT2D eigenvalue weighted by atomic mass is 10.1. The smallest absolute Gasteiger partial charge is 0.410 e. The Balaban J connectivity index is 2.19. The maximum absolute atomic E-state index is 12.0. The van der Waals surface area contributed by atoms with E-state index in [-0.39, 0.29) is 6.61 Å². The highest BCUT2D eigenvalue weighted by molar-refractivity contribution is 5.91.